The number of hydrogen-bond acceptors (Lipinski definition) is 6. The predicted octanol–water partition coefficient (Wildman–Crippen LogP) is 0.393. The fourth-order valence-corrected chi connectivity index (χ4v) is 1.05. The molecular weight excluding hydrogens is 216 g/mol. The number of aromatic nitrogens is 2. The van der Waals surface area contributed by atoms with Crippen LogP contribution >= 0.6 is 0 Å². The highest BCUT2D eigenvalue weighted by molar-refractivity contribution is 5.55. The SMILES string of the molecule is COCCOCCNc1cn[nH]c1[N+](=O)[O-]. The molecule has 0 atom stereocenters. The predicted molar refractivity (Wildman–Crippen MR) is 56.4 cm³/mol. The summed E-state index contributed by atoms with van der Waals surface area (Å²) in [5.74, 6) is -0.142. The van der Waals surface area contributed by atoms with Crippen molar-refractivity contribution in [3.63, 3.8) is 0 Å². The lowest BCUT2D eigenvalue weighted by molar-refractivity contribution is -0.388. The Kier molecular flexibility index (Phi) is 5.23. The van der Waals surface area contributed by atoms with Crippen LogP contribution in [0.25, 0.3) is 0 Å². The fourth-order valence-electron chi connectivity index (χ4n) is 1.05. The largest absolute Gasteiger partial charge is 0.382 e. The second-order valence-electron chi connectivity index (χ2n) is 2.92. The van der Waals surface area contributed by atoms with E-state index in [0.717, 1.165) is 0 Å². The van der Waals surface area contributed by atoms with Gasteiger partial charge >= 0.3 is 5.82 Å². The van der Waals surface area contributed by atoms with E-state index in [1.807, 2.05) is 0 Å². The van der Waals surface area contributed by atoms with Gasteiger partial charge in [0, 0.05) is 13.7 Å². The van der Waals surface area contributed by atoms with Crippen molar-refractivity contribution in [3.05, 3.63) is 16.3 Å². The van der Waals surface area contributed by atoms with Gasteiger partial charge < -0.3 is 24.9 Å². The summed E-state index contributed by atoms with van der Waals surface area (Å²) in [6.45, 7) is 1.97. The first-order chi connectivity index (χ1) is 7.75. The number of methoxy groups -OCH3 is 1. The van der Waals surface area contributed by atoms with E-state index in [-0.39, 0.29) is 5.82 Å². The van der Waals surface area contributed by atoms with Crippen molar-refractivity contribution in [3.8, 4) is 0 Å². The molecule has 1 heterocycles. The Hall–Kier alpha value is -1.67. The summed E-state index contributed by atoms with van der Waals surface area (Å²) in [4.78, 5) is 9.98. The van der Waals surface area contributed by atoms with Gasteiger partial charge in [0.05, 0.1) is 19.8 Å². The molecule has 90 valence electrons. The Morgan fingerprint density at radius 3 is 3.06 bits per heavy atom. The van der Waals surface area contributed by atoms with E-state index < -0.39 is 4.92 Å². The molecule has 1 aromatic rings. The highest BCUT2D eigenvalue weighted by Crippen LogP contribution is 2.18. The minimum Gasteiger partial charge on any atom is -0.382 e. The fraction of sp³-hybridized carbons (Fsp3) is 0.625. The van der Waals surface area contributed by atoms with Gasteiger partial charge in [-0.3, -0.25) is 0 Å². The molecule has 0 saturated heterocycles. The zero-order valence-corrected chi connectivity index (χ0v) is 8.93. The zero-order valence-electron chi connectivity index (χ0n) is 8.93. The molecule has 8 nitrogen and oxygen atoms in total. The van der Waals surface area contributed by atoms with Gasteiger partial charge in [-0.15, -0.1) is 5.10 Å². The standard InChI is InChI=1S/C8H14N4O4/c1-15-4-5-16-3-2-9-7-6-10-11-8(7)12(13)14/h6,9H,2-5H2,1H3,(H,10,11). The van der Waals surface area contributed by atoms with Gasteiger partial charge in [0.15, 0.2) is 5.69 Å². The average molecular weight is 230 g/mol. The van der Waals surface area contributed by atoms with Crippen LogP contribution < -0.4 is 5.32 Å². The van der Waals surface area contributed by atoms with Crippen molar-refractivity contribution in [2.24, 2.45) is 0 Å². The third-order valence-electron chi connectivity index (χ3n) is 1.80. The maximum absolute atomic E-state index is 10.5. The van der Waals surface area contributed by atoms with Crippen molar-refractivity contribution in [2.45, 2.75) is 0 Å². The molecule has 0 aliphatic carbocycles. The minimum absolute atomic E-state index is 0.142. The number of hydrogen-bond donors (Lipinski definition) is 2. The normalized spacial score (nSPS) is 10.3. The molecule has 8 heteroatoms. The van der Waals surface area contributed by atoms with Crippen molar-refractivity contribution in [1.29, 1.82) is 0 Å². The van der Waals surface area contributed by atoms with Crippen LogP contribution in [0.4, 0.5) is 11.5 Å². The Balaban J connectivity index is 2.21. The zero-order chi connectivity index (χ0) is 11.8. The van der Waals surface area contributed by atoms with Crippen LogP contribution in [0.3, 0.4) is 0 Å². The number of nitro groups is 1. The van der Waals surface area contributed by atoms with Crippen molar-refractivity contribution < 1.29 is 14.4 Å². The van der Waals surface area contributed by atoms with Crippen LogP contribution in [0.5, 0.6) is 0 Å². The quantitative estimate of drug-likeness (QED) is 0.380. The molecule has 0 saturated carbocycles. The summed E-state index contributed by atoms with van der Waals surface area (Å²) in [5.41, 5.74) is 0.361. The number of nitrogens with zero attached hydrogens (tertiary/aromatic N) is 2. The number of rotatable bonds is 8. The summed E-state index contributed by atoms with van der Waals surface area (Å²) in [6, 6.07) is 0. The van der Waals surface area contributed by atoms with Gasteiger partial charge in [-0.1, -0.05) is 5.10 Å². The molecule has 0 fully saturated rings. The number of nitrogens with one attached hydrogen (secondary N) is 2. The van der Waals surface area contributed by atoms with E-state index in [1.165, 1.54) is 6.20 Å². The molecule has 0 radical (unpaired) electrons. The first-order valence-electron chi connectivity index (χ1n) is 4.74. The third kappa shape index (κ3) is 3.83. The maximum atomic E-state index is 10.5. The second kappa shape index (κ2) is 6.75. The highest BCUT2D eigenvalue weighted by Gasteiger charge is 2.13. The van der Waals surface area contributed by atoms with Crippen molar-refractivity contribution in [1.82, 2.24) is 10.2 Å². The lowest BCUT2D eigenvalue weighted by atomic mass is 10.5. The monoisotopic (exact) mass is 230 g/mol. The Bertz CT molecular complexity index is 328. The van der Waals surface area contributed by atoms with Crippen LogP contribution in [-0.4, -0.2) is 48.6 Å². The summed E-state index contributed by atoms with van der Waals surface area (Å²) in [5, 5.41) is 19.2. The van der Waals surface area contributed by atoms with E-state index >= 15 is 0 Å². The summed E-state index contributed by atoms with van der Waals surface area (Å²) in [6.07, 6.45) is 1.37. The van der Waals surface area contributed by atoms with E-state index in [2.05, 4.69) is 15.5 Å². The molecule has 0 amide bonds. The van der Waals surface area contributed by atoms with Gasteiger partial charge in [0.2, 0.25) is 0 Å². The first-order valence-corrected chi connectivity index (χ1v) is 4.74. The van der Waals surface area contributed by atoms with Crippen LogP contribution in [0.2, 0.25) is 0 Å². The van der Waals surface area contributed by atoms with Crippen molar-refractivity contribution in [2.75, 3.05) is 38.8 Å². The van der Waals surface area contributed by atoms with Crippen molar-refractivity contribution >= 4 is 11.5 Å². The van der Waals surface area contributed by atoms with Gasteiger partial charge in [0.1, 0.15) is 6.20 Å². The van der Waals surface area contributed by atoms with Gasteiger partial charge in [0.25, 0.3) is 0 Å². The van der Waals surface area contributed by atoms with E-state index in [1.54, 1.807) is 7.11 Å². The lowest BCUT2D eigenvalue weighted by Gasteiger charge is -2.04. The third-order valence-corrected chi connectivity index (χ3v) is 1.80. The van der Waals surface area contributed by atoms with Crippen LogP contribution in [0.15, 0.2) is 6.20 Å². The summed E-state index contributed by atoms with van der Waals surface area (Å²) in [7, 11) is 1.59. The molecule has 1 rings (SSSR count). The first kappa shape index (κ1) is 12.4. The molecule has 1 aromatic heterocycles. The molecule has 0 aliphatic rings. The molecular formula is C8H14N4O4. The Morgan fingerprint density at radius 2 is 2.38 bits per heavy atom. The smallest absolute Gasteiger partial charge is 0.366 e. The summed E-state index contributed by atoms with van der Waals surface area (Å²) >= 11 is 0. The Labute approximate surface area is 92.1 Å². The van der Waals surface area contributed by atoms with Gasteiger partial charge in [-0.2, -0.15) is 0 Å². The topological polar surface area (TPSA) is 102 Å². The second-order valence-corrected chi connectivity index (χ2v) is 2.92. The van der Waals surface area contributed by atoms with E-state index in [0.29, 0.717) is 32.1 Å². The number of H-pyrrole nitrogens is 1. The highest BCUT2D eigenvalue weighted by atomic mass is 16.6. The molecule has 0 aromatic carbocycles. The van der Waals surface area contributed by atoms with E-state index in [4.69, 9.17) is 9.47 Å². The van der Waals surface area contributed by atoms with E-state index in [9.17, 15) is 10.1 Å². The molecule has 2 N–H and O–H groups in total. The molecule has 0 unspecified atom stereocenters. The molecule has 0 aliphatic heterocycles. The molecule has 0 spiro atoms. The average Bonchev–Trinajstić information content (AvgIpc) is 2.71. The molecule has 16 heavy (non-hydrogen) atoms. The number of anilines is 1. The van der Waals surface area contributed by atoms with Gasteiger partial charge in [-0.25, -0.2) is 0 Å². The number of ether oxygens (including phenoxy) is 2. The Morgan fingerprint density at radius 1 is 1.56 bits per heavy atom. The minimum atomic E-state index is -0.527. The van der Waals surface area contributed by atoms with Gasteiger partial charge in [-0.05, 0) is 4.92 Å². The van der Waals surface area contributed by atoms with Crippen LogP contribution in [-0.2, 0) is 9.47 Å². The maximum Gasteiger partial charge on any atom is 0.366 e. The van der Waals surface area contributed by atoms with Crippen LogP contribution in [0.1, 0.15) is 0 Å². The number of aromatic amines is 1. The summed E-state index contributed by atoms with van der Waals surface area (Å²) < 4.78 is 9.98. The van der Waals surface area contributed by atoms with Crippen LogP contribution in [0, 0.1) is 10.1 Å². The lowest BCUT2D eigenvalue weighted by Crippen LogP contribution is -2.12. The molecule has 0 bridgehead atoms.